The van der Waals surface area contributed by atoms with E-state index in [4.69, 9.17) is 9.11 Å². The van der Waals surface area contributed by atoms with Gasteiger partial charge in [0.25, 0.3) is 10.3 Å². The smallest absolute Gasteiger partial charge is 0.303 e. The van der Waals surface area contributed by atoms with Crippen molar-refractivity contribution in [1.29, 1.82) is 0 Å². The fourth-order valence-corrected chi connectivity index (χ4v) is 3.51. The summed E-state index contributed by atoms with van der Waals surface area (Å²) in [6.07, 6.45) is 7.07. The van der Waals surface area contributed by atoms with Crippen LogP contribution in [0.15, 0.2) is 0 Å². The number of nitrogens with zero attached hydrogens (tertiary/aromatic N) is 1. The van der Waals surface area contributed by atoms with Gasteiger partial charge < -0.3 is 4.90 Å². The molecule has 4 nitrogen and oxygen atoms in total. The minimum absolute atomic E-state index is 0.565. The SMILES string of the molecule is O=S(O)(O)=[S+]CCCCCCN1CCCC1. The summed E-state index contributed by atoms with van der Waals surface area (Å²) in [6, 6.07) is 0. The molecule has 6 heteroatoms. The fraction of sp³-hybridized carbons (Fsp3) is 1.00. The van der Waals surface area contributed by atoms with Gasteiger partial charge in [-0.05, 0) is 45.3 Å². The summed E-state index contributed by atoms with van der Waals surface area (Å²) >= 11 is 0. The molecule has 1 heterocycles. The van der Waals surface area contributed by atoms with Crippen molar-refractivity contribution in [2.24, 2.45) is 0 Å². The number of hydrogen-bond donors (Lipinski definition) is 2. The minimum atomic E-state index is -3.57. The van der Waals surface area contributed by atoms with Gasteiger partial charge >= 0.3 is 9.05 Å². The van der Waals surface area contributed by atoms with E-state index in [0.717, 1.165) is 23.2 Å². The van der Waals surface area contributed by atoms with E-state index in [0.29, 0.717) is 5.75 Å². The Morgan fingerprint density at radius 2 is 1.69 bits per heavy atom. The zero-order valence-corrected chi connectivity index (χ0v) is 11.3. The van der Waals surface area contributed by atoms with Crippen LogP contribution in [-0.2, 0) is 19.4 Å². The van der Waals surface area contributed by atoms with E-state index >= 15 is 0 Å². The van der Waals surface area contributed by atoms with Gasteiger partial charge in [-0.1, -0.05) is 6.42 Å². The Hall–Kier alpha value is 0.250. The van der Waals surface area contributed by atoms with Crippen LogP contribution >= 0.6 is 0 Å². The molecule has 1 fully saturated rings. The molecule has 1 saturated heterocycles. The third kappa shape index (κ3) is 7.51. The Labute approximate surface area is 102 Å². The molecule has 0 saturated carbocycles. The lowest BCUT2D eigenvalue weighted by Gasteiger charge is -2.13. The molecule has 0 aromatic rings. The highest BCUT2D eigenvalue weighted by Gasteiger charge is 2.11. The van der Waals surface area contributed by atoms with Crippen LogP contribution in [0.2, 0.25) is 0 Å². The van der Waals surface area contributed by atoms with Gasteiger partial charge in [-0.15, -0.1) is 0 Å². The standard InChI is InChI=1S/C10H21NO3S2/c12-16(13,14)15-10-6-2-1-3-7-11-8-4-5-9-11/h1-10H2,(H-,12,13,14)/p+1. The lowest BCUT2D eigenvalue weighted by molar-refractivity contribution is 0.328. The van der Waals surface area contributed by atoms with Crippen molar-refractivity contribution in [2.45, 2.75) is 38.5 Å². The summed E-state index contributed by atoms with van der Waals surface area (Å²) in [5.41, 5.74) is 0. The Bertz CT molecular complexity index is 286. The highest BCUT2D eigenvalue weighted by atomic mass is 32.9. The Kier molecular flexibility index (Phi) is 6.75. The molecular formula is C10H22NO3S2+. The summed E-state index contributed by atoms with van der Waals surface area (Å²) in [4.78, 5) is 2.50. The van der Waals surface area contributed by atoms with Crippen molar-refractivity contribution >= 4 is 19.4 Å². The number of hydrogen-bond acceptors (Lipinski definition) is 2. The fourth-order valence-electron chi connectivity index (χ4n) is 1.96. The Balaban J connectivity index is 1.90. The lowest BCUT2D eigenvalue weighted by atomic mass is 10.2. The maximum atomic E-state index is 10.5. The van der Waals surface area contributed by atoms with E-state index in [9.17, 15) is 4.21 Å². The third-order valence-electron chi connectivity index (χ3n) is 2.80. The van der Waals surface area contributed by atoms with Gasteiger partial charge in [0, 0.05) is 6.42 Å². The van der Waals surface area contributed by atoms with Gasteiger partial charge in [0.1, 0.15) is 0 Å². The normalized spacial score (nSPS) is 17.9. The quantitative estimate of drug-likeness (QED) is 0.546. The molecule has 16 heavy (non-hydrogen) atoms. The van der Waals surface area contributed by atoms with Gasteiger partial charge in [0.05, 0.1) is 0 Å². The zero-order valence-electron chi connectivity index (χ0n) is 9.64. The molecule has 1 aliphatic rings. The highest BCUT2D eigenvalue weighted by Crippen LogP contribution is 2.09. The van der Waals surface area contributed by atoms with Gasteiger partial charge in [-0.25, -0.2) is 0 Å². The van der Waals surface area contributed by atoms with Crippen LogP contribution < -0.4 is 0 Å². The van der Waals surface area contributed by atoms with Crippen molar-refractivity contribution < 1.29 is 13.3 Å². The van der Waals surface area contributed by atoms with Gasteiger partial charge in [0.15, 0.2) is 5.75 Å². The topological polar surface area (TPSA) is 60.8 Å². The number of likely N-dealkylation sites (tertiary alicyclic amines) is 1. The first-order valence-corrected chi connectivity index (χ1v) is 8.91. The molecule has 1 rings (SSSR count). The second-order valence-electron chi connectivity index (χ2n) is 4.23. The first kappa shape index (κ1) is 14.3. The number of rotatable bonds is 7. The summed E-state index contributed by atoms with van der Waals surface area (Å²) in [6.45, 7) is 3.71. The molecule has 96 valence electrons. The van der Waals surface area contributed by atoms with Crippen LogP contribution in [0.3, 0.4) is 0 Å². The maximum Gasteiger partial charge on any atom is 0.430 e. The summed E-state index contributed by atoms with van der Waals surface area (Å²) in [7, 11) is -2.83. The van der Waals surface area contributed by atoms with Crippen LogP contribution in [0.4, 0.5) is 0 Å². The van der Waals surface area contributed by atoms with E-state index in [1.807, 2.05) is 0 Å². The van der Waals surface area contributed by atoms with Gasteiger partial charge in [-0.3, -0.25) is 9.11 Å². The summed E-state index contributed by atoms with van der Waals surface area (Å²) < 4.78 is 27.7. The molecule has 2 N–H and O–H groups in total. The molecule has 0 amide bonds. The second-order valence-corrected chi connectivity index (χ2v) is 7.78. The van der Waals surface area contributed by atoms with E-state index in [1.165, 1.54) is 45.3 Å². The first-order valence-electron chi connectivity index (χ1n) is 5.94. The molecule has 0 aromatic carbocycles. The van der Waals surface area contributed by atoms with Gasteiger partial charge in [-0.2, -0.15) is 4.21 Å². The van der Waals surface area contributed by atoms with E-state index < -0.39 is 9.05 Å². The Morgan fingerprint density at radius 1 is 1.06 bits per heavy atom. The molecule has 1 aliphatic heterocycles. The average Bonchev–Trinajstić information content (AvgIpc) is 2.67. The average molecular weight is 268 g/mol. The molecule has 0 atom stereocenters. The van der Waals surface area contributed by atoms with Crippen LogP contribution in [-0.4, -0.2) is 43.6 Å². The van der Waals surface area contributed by atoms with Crippen LogP contribution in [0.5, 0.6) is 0 Å². The van der Waals surface area contributed by atoms with Crippen LogP contribution in [0.1, 0.15) is 38.5 Å². The third-order valence-corrected chi connectivity index (χ3v) is 4.99. The maximum absolute atomic E-state index is 10.5. The molecular weight excluding hydrogens is 246 g/mol. The highest BCUT2D eigenvalue weighted by molar-refractivity contribution is 8.34. The molecule has 0 radical (unpaired) electrons. The molecule has 0 aromatic heterocycles. The predicted octanol–water partition coefficient (Wildman–Crippen LogP) is 1.87. The summed E-state index contributed by atoms with van der Waals surface area (Å²) in [5, 5.41) is 0. The van der Waals surface area contributed by atoms with Gasteiger partial charge in [0.2, 0.25) is 0 Å². The monoisotopic (exact) mass is 268 g/mol. The van der Waals surface area contributed by atoms with Crippen molar-refractivity contribution in [3.8, 4) is 0 Å². The van der Waals surface area contributed by atoms with Crippen molar-refractivity contribution in [2.75, 3.05) is 25.4 Å². The molecule has 0 aliphatic carbocycles. The molecule has 0 bridgehead atoms. The van der Waals surface area contributed by atoms with E-state index in [1.54, 1.807) is 0 Å². The second kappa shape index (κ2) is 7.55. The van der Waals surface area contributed by atoms with Crippen molar-refractivity contribution in [1.82, 2.24) is 4.90 Å². The van der Waals surface area contributed by atoms with Crippen molar-refractivity contribution in [3.63, 3.8) is 0 Å². The zero-order chi connectivity index (χ0) is 11.9. The number of unbranched alkanes of at least 4 members (excludes halogenated alkanes) is 3. The van der Waals surface area contributed by atoms with Crippen LogP contribution in [0, 0.1) is 0 Å². The van der Waals surface area contributed by atoms with Crippen LogP contribution in [0.25, 0.3) is 0 Å². The molecule has 0 spiro atoms. The van der Waals surface area contributed by atoms with Crippen molar-refractivity contribution in [3.05, 3.63) is 0 Å². The summed E-state index contributed by atoms with van der Waals surface area (Å²) in [5.74, 6) is 0.565. The predicted molar refractivity (Wildman–Crippen MR) is 69.8 cm³/mol. The Morgan fingerprint density at radius 3 is 2.31 bits per heavy atom. The van der Waals surface area contributed by atoms with E-state index in [2.05, 4.69) is 4.90 Å². The lowest BCUT2D eigenvalue weighted by Crippen LogP contribution is -2.20. The minimum Gasteiger partial charge on any atom is -0.303 e. The molecule has 0 unspecified atom stereocenters. The first-order chi connectivity index (χ1) is 7.58. The largest absolute Gasteiger partial charge is 0.430 e. The van der Waals surface area contributed by atoms with E-state index in [-0.39, 0.29) is 0 Å².